The number of hydrogen-bond donors (Lipinski definition) is 3. The van der Waals surface area contributed by atoms with Crippen LogP contribution in [-0.4, -0.2) is 27.1 Å². The van der Waals surface area contributed by atoms with Crippen LogP contribution in [0, 0.1) is 0 Å². The SMILES string of the molecule is NC(=Nc1cccc(C(F)(F)F)c1)c1cc2c(-c3ccccc3)n[nH]c2c(NC2CCCCC2)n1. The number of nitrogens with zero attached hydrogens (tertiary/aromatic N) is 3. The average molecular weight is 479 g/mol. The van der Waals surface area contributed by atoms with E-state index in [0.717, 1.165) is 60.0 Å². The number of aromatic amines is 1. The number of aliphatic imine (C=N–C) groups is 1. The molecule has 0 radical (unpaired) electrons. The third-order valence-corrected chi connectivity index (χ3v) is 6.23. The molecule has 1 saturated carbocycles. The number of pyridine rings is 1. The molecule has 4 N–H and O–H groups in total. The second-order valence-electron chi connectivity index (χ2n) is 8.74. The molecule has 0 bridgehead atoms. The molecule has 2 aromatic heterocycles. The highest BCUT2D eigenvalue weighted by Crippen LogP contribution is 2.33. The maximum atomic E-state index is 13.1. The highest BCUT2D eigenvalue weighted by atomic mass is 19.4. The second-order valence-corrected chi connectivity index (χ2v) is 8.74. The molecule has 1 fully saturated rings. The quantitative estimate of drug-likeness (QED) is 0.228. The molecule has 1 aliphatic rings. The standard InChI is InChI=1S/C26H25F3N6/c27-26(28,29)17-10-7-13-19(14-17)31-24(30)21-15-20-22(16-8-3-1-4-9-16)34-35-23(20)25(33-21)32-18-11-5-2-6-12-18/h1,3-4,7-10,13-15,18H,2,5-6,11-12H2,(H2,30,31)(H,32,33)(H,34,35). The third kappa shape index (κ3) is 4.99. The zero-order chi connectivity index (χ0) is 24.4. The molecular formula is C26H25F3N6. The van der Waals surface area contributed by atoms with Crippen molar-refractivity contribution >= 4 is 28.2 Å². The predicted octanol–water partition coefficient (Wildman–Crippen LogP) is 6.43. The number of fused-ring (bicyclic) bond motifs is 1. The van der Waals surface area contributed by atoms with E-state index in [9.17, 15) is 13.2 Å². The maximum Gasteiger partial charge on any atom is 0.416 e. The van der Waals surface area contributed by atoms with Crippen molar-refractivity contribution in [2.45, 2.75) is 44.3 Å². The van der Waals surface area contributed by atoms with Crippen molar-refractivity contribution in [1.29, 1.82) is 0 Å². The summed E-state index contributed by atoms with van der Waals surface area (Å²) in [5.74, 6) is 0.638. The number of hydrogen-bond acceptors (Lipinski definition) is 4. The Bertz CT molecular complexity index is 1350. The van der Waals surface area contributed by atoms with Gasteiger partial charge in [0.1, 0.15) is 22.7 Å². The van der Waals surface area contributed by atoms with Crippen molar-refractivity contribution in [2.75, 3.05) is 5.32 Å². The number of nitrogens with one attached hydrogen (secondary N) is 2. The van der Waals surface area contributed by atoms with Gasteiger partial charge in [-0.05, 0) is 37.1 Å². The lowest BCUT2D eigenvalue weighted by atomic mass is 9.95. The molecule has 2 aromatic carbocycles. The van der Waals surface area contributed by atoms with Crippen LogP contribution in [0.15, 0.2) is 65.7 Å². The van der Waals surface area contributed by atoms with Crippen LogP contribution in [0.3, 0.4) is 0 Å². The van der Waals surface area contributed by atoms with Crippen LogP contribution in [-0.2, 0) is 6.18 Å². The van der Waals surface area contributed by atoms with Crippen molar-refractivity contribution in [3.8, 4) is 11.3 Å². The number of anilines is 1. The number of benzene rings is 2. The van der Waals surface area contributed by atoms with Crippen molar-refractivity contribution in [2.24, 2.45) is 10.7 Å². The smallest absolute Gasteiger partial charge is 0.382 e. The molecule has 0 atom stereocenters. The van der Waals surface area contributed by atoms with Crippen LogP contribution < -0.4 is 11.1 Å². The first-order valence-corrected chi connectivity index (χ1v) is 11.6. The van der Waals surface area contributed by atoms with E-state index in [4.69, 9.17) is 10.7 Å². The number of halogens is 3. The molecule has 35 heavy (non-hydrogen) atoms. The van der Waals surface area contributed by atoms with E-state index < -0.39 is 11.7 Å². The topological polar surface area (TPSA) is 92.0 Å². The largest absolute Gasteiger partial charge is 0.416 e. The van der Waals surface area contributed by atoms with Crippen molar-refractivity contribution < 1.29 is 13.2 Å². The monoisotopic (exact) mass is 478 g/mol. The van der Waals surface area contributed by atoms with E-state index in [1.54, 1.807) is 6.07 Å². The van der Waals surface area contributed by atoms with Crippen molar-refractivity contribution in [3.05, 3.63) is 71.9 Å². The van der Waals surface area contributed by atoms with Gasteiger partial charge in [0, 0.05) is 17.0 Å². The van der Waals surface area contributed by atoms with Gasteiger partial charge in [-0.25, -0.2) is 9.98 Å². The Kier molecular flexibility index (Phi) is 6.15. The van der Waals surface area contributed by atoms with Gasteiger partial charge < -0.3 is 11.1 Å². The molecule has 0 unspecified atom stereocenters. The summed E-state index contributed by atoms with van der Waals surface area (Å²) in [6.07, 6.45) is 1.15. The summed E-state index contributed by atoms with van der Waals surface area (Å²) in [5.41, 5.74) is 8.40. The highest BCUT2D eigenvalue weighted by Gasteiger charge is 2.30. The summed E-state index contributed by atoms with van der Waals surface area (Å²) >= 11 is 0. The maximum absolute atomic E-state index is 13.1. The summed E-state index contributed by atoms with van der Waals surface area (Å²) in [6.45, 7) is 0. The van der Waals surface area contributed by atoms with E-state index in [1.807, 2.05) is 30.3 Å². The number of amidine groups is 1. The van der Waals surface area contributed by atoms with Crippen LogP contribution in [0.4, 0.5) is 24.7 Å². The minimum Gasteiger partial charge on any atom is -0.382 e. The summed E-state index contributed by atoms with van der Waals surface area (Å²) in [4.78, 5) is 8.97. The molecule has 0 spiro atoms. The van der Waals surface area contributed by atoms with Gasteiger partial charge in [0.2, 0.25) is 0 Å². The molecule has 2 heterocycles. The van der Waals surface area contributed by atoms with E-state index in [1.165, 1.54) is 18.6 Å². The Morgan fingerprint density at radius 1 is 1.00 bits per heavy atom. The second kappa shape index (κ2) is 9.40. The predicted molar refractivity (Wildman–Crippen MR) is 132 cm³/mol. The first-order chi connectivity index (χ1) is 16.9. The van der Waals surface area contributed by atoms with Gasteiger partial charge in [0.25, 0.3) is 0 Å². The molecule has 6 nitrogen and oxygen atoms in total. The van der Waals surface area contributed by atoms with Gasteiger partial charge in [0.15, 0.2) is 5.82 Å². The molecule has 0 saturated heterocycles. The molecular weight excluding hydrogens is 453 g/mol. The Labute approximate surface area is 200 Å². The fourth-order valence-electron chi connectivity index (χ4n) is 4.46. The third-order valence-electron chi connectivity index (χ3n) is 6.23. The van der Waals surface area contributed by atoms with Crippen molar-refractivity contribution in [1.82, 2.24) is 15.2 Å². The molecule has 9 heteroatoms. The summed E-state index contributed by atoms with van der Waals surface area (Å²) in [7, 11) is 0. The lowest BCUT2D eigenvalue weighted by molar-refractivity contribution is -0.137. The number of alkyl halides is 3. The molecule has 5 rings (SSSR count). The molecule has 180 valence electrons. The van der Waals surface area contributed by atoms with Gasteiger partial charge in [0.05, 0.1) is 11.3 Å². The minimum atomic E-state index is -4.46. The average Bonchev–Trinajstić information content (AvgIpc) is 3.29. The minimum absolute atomic E-state index is 0.0260. The van der Waals surface area contributed by atoms with E-state index in [2.05, 4.69) is 20.5 Å². The Morgan fingerprint density at radius 2 is 1.77 bits per heavy atom. The molecule has 4 aromatic rings. The fraction of sp³-hybridized carbons (Fsp3) is 0.269. The van der Waals surface area contributed by atoms with E-state index in [0.29, 0.717) is 11.5 Å². The molecule has 1 aliphatic carbocycles. The lowest BCUT2D eigenvalue weighted by Gasteiger charge is -2.23. The fourth-order valence-corrected chi connectivity index (χ4v) is 4.46. The van der Waals surface area contributed by atoms with Gasteiger partial charge in [-0.3, -0.25) is 5.10 Å². The van der Waals surface area contributed by atoms with Crippen LogP contribution in [0.2, 0.25) is 0 Å². The molecule has 0 amide bonds. The van der Waals surface area contributed by atoms with Gasteiger partial charge in [-0.1, -0.05) is 55.7 Å². The summed E-state index contributed by atoms with van der Waals surface area (Å²) < 4.78 is 39.4. The van der Waals surface area contributed by atoms with Crippen LogP contribution in [0.5, 0.6) is 0 Å². The Morgan fingerprint density at radius 3 is 2.51 bits per heavy atom. The lowest BCUT2D eigenvalue weighted by Crippen LogP contribution is -2.24. The number of nitrogens with two attached hydrogens (primary N) is 1. The zero-order valence-corrected chi connectivity index (χ0v) is 18.9. The number of H-pyrrole nitrogens is 1. The van der Waals surface area contributed by atoms with Gasteiger partial charge in [-0.2, -0.15) is 18.3 Å². The highest BCUT2D eigenvalue weighted by molar-refractivity contribution is 6.05. The first-order valence-electron chi connectivity index (χ1n) is 11.6. The Hall–Kier alpha value is -3.88. The van der Waals surface area contributed by atoms with Crippen LogP contribution in [0.1, 0.15) is 43.4 Å². The number of aromatic nitrogens is 3. The van der Waals surface area contributed by atoms with E-state index in [-0.39, 0.29) is 17.6 Å². The van der Waals surface area contributed by atoms with Crippen molar-refractivity contribution in [3.63, 3.8) is 0 Å². The normalized spacial score (nSPS) is 15.5. The van der Waals surface area contributed by atoms with E-state index >= 15 is 0 Å². The summed E-state index contributed by atoms with van der Waals surface area (Å²) in [5, 5.41) is 12.0. The van der Waals surface area contributed by atoms with Gasteiger partial charge >= 0.3 is 6.18 Å². The number of rotatable bonds is 5. The van der Waals surface area contributed by atoms with Crippen LogP contribution >= 0.6 is 0 Å². The zero-order valence-electron chi connectivity index (χ0n) is 18.9. The first kappa shape index (κ1) is 22.9. The Balaban J connectivity index is 1.59. The molecule has 0 aliphatic heterocycles. The van der Waals surface area contributed by atoms with Crippen LogP contribution in [0.25, 0.3) is 22.2 Å². The summed E-state index contributed by atoms with van der Waals surface area (Å²) in [6, 6.07) is 16.5. The van der Waals surface area contributed by atoms with Gasteiger partial charge in [-0.15, -0.1) is 0 Å².